The number of para-hydroxylation sites is 1. The summed E-state index contributed by atoms with van der Waals surface area (Å²) in [7, 11) is 0. The van der Waals surface area contributed by atoms with Gasteiger partial charge in [0, 0.05) is 18.1 Å². The monoisotopic (exact) mass is 279 g/mol. The molecule has 0 saturated carbocycles. The first kappa shape index (κ1) is 14.4. The molecular formula is C16H22ClNO. The Morgan fingerprint density at radius 2 is 1.95 bits per heavy atom. The molecule has 2 nitrogen and oxygen atoms in total. The Balaban J connectivity index is 2.16. The summed E-state index contributed by atoms with van der Waals surface area (Å²) < 4.78 is 0. The molecule has 0 N–H and O–H groups in total. The molecule has 0 radical (unpaired) electrons. The van der Waals surface area contributed by atoms with Crippen molar-refractivity contribution in [3.8, 4) is 0 Å². The molecule has 0 aliphatic carbocycles. The molecule has 1 aliphatic heterocycles. The highest BCUT2D eigenvalue weighted by Gasteiger charge is 2.43. The lowest BCUT2D eigenvalue weighted by atomic mass is 9.86. The van der Waals surface area contributed by atoms with Crippen molar-refractivity contribution in [2.24, 2.45) is 5.92 Å². The van der Waals surface area contributed by atoms with Crippen LogP contribution >= 0.6 is 11.6 Å². The number of nitrogens with zero attached hydrogens (tertiary/aromatic N) is 1. The third kappa shape index (κ3) is 2.64. The minimum atomic E-state index is -0.397. The van der Waals surface area contributed by atoms with Gasteiger partial charge in [0.1, 0.15) is 0 Å². The number of carbonyl (C=O) groups excluding carboxylic acids is 1. The first-order valence-electron chi connectivity index (χ1n) is 6.96. The summed E-state index contributed by atoms with van der Waals surface area (Å²) in [5, 5.41) is 0. The van der Waals surface area contributed by atoms with Crippen LogP contribution in [-0.4, -0.2) is 18.3 Å². The second kappa shape index (κ2) is 5.54. The van der Waals surface area contributed by atoms with Gasteiger partial charge in [-0.3, -0.25) is 4.79 Å². The highest BCUT2D eigenvalue weighted by molar-refractivity contribution is 6.17. The molecule has 1 atom stereocenters. The van der Waals surface area contributed by atoms with Crippen molar-refractivity contribution in [3.05, 3.63) is 29.8 Å². The topological polar surface area (TPSA) is 20.3 Å². The molecule has 1 amide bonds. The van der Waals surface area contributed by atoms with Gasteiger partial charge in [-0.25, -0.2) is 0 Å². The summed E-state index contributed by atoms with van der Waals surface area (Å²) in [6.07, 6.45) is 2.01. The predicted molar refractivity (Wildman–Crippen MR) is 80.9 cm³/mol. The first-order valence-corrected chi connectivity index (χ1v) is 7.49. The van der Waals surface area contributed by atoms with E-state index in [4.69, 9.17) is 11.6 Å². The number of hydrogen-bond donors (Lipinski definition) is 0. The van der Waals surface area contributed by atoms with Gasteiger partial charge in [-0.15, -0.1) is 11.6 Å². The van der Waals surface area contributed by atoms with Gasteiger partial charge < -0.3 is 4.90 Å². The molecule has 2 rings (SSSR count). The number of amides is 1. The van der Waals surface area contributed by atoms with E-state index in [2.05, 4.69) is 13.0 Å². The van der Waals surface area contributed by atoms with Crippen LogP contribution in [0.2, 0.25) is 0 Å². The lowest BCUT2D eigenvalue weighted by Gasteiger charge is -2.22. The smallest absolute Gasteiger partial charge is 0.237 e. The van der Waals surface area contributed by atoms with Gasteiger partial charge in [-0.05, 0) is 44.2 Å². The maximum absolute atomic E-state index is 12.6. The van der Waals surface area contributed by atoms with E-state index in [9.17, 15) is 4.79 Å². The number of rotatable bonds is 5. The zero-order valence-electron chi connectivity index (χ0n) is 11.9. The number of hydrogen-bond acceptors (Lipinski definition) is 1. The Morgan fingerprint density at radius 3 is 2.63 bits per heavy atom. The van der Waals surface area contributed by atoms with Crippen molar-refractivity contribution in [3.63, 3.8) is 0 Å². The zero-order chi connectivity index (χ0) is 14.0. The second-order valence-corrected chi connectivity index (χ2v) is 6.35. The van der Waals surface area contributed by atoms with Crippen LogP contribution in [0.5, 0.6) is 0 Å². The molecule has 1 aromatic rings. The van der Waals surface area contributed by atoms with Gasteiger partial charge in [0.05, 0.1) is 5.41 Å². The Hall–Kier alpha value is -1.02. The highest BCUT2D eigenvalue weighted by atomic mass is 35.5. The second-order valence-electron chi connectivity index (χ2n) is 5.97. The average Bonchev–Trinajstić information content (AvgIpc) is 2.57. The number of anilines is 1. The Labute approximate surface area is 120 Å². The van der Waals surface area contributed by atoms with E-state index in [0.29, 0.717) is 11.8 Å². The Bertz CT molecular complexity index is 470. The fourth-order valence-electron chi connectivity index (χ4n) is 2.70. The van der Waals surface area contributed by atoms with Crippen LogP contribution in [0.1, 0.15) is 39.2 Å². The molecule has 0 saturated heterocycles. The lowest BCUT2D eigenvalue weighted by Crippen LogP contribution is -2.37. The van der Waals surface area contributed by atoms with E-state index >= 15 is 0 Å². The summed E-state index contributed by atoms with van der Waals surface area (Å²) in [4.78, 5) is 14.5. The lowest BCUT2D eigenvalue weighted by molar-refractivity contribution is -0.122. The summed E-state index contributed by atoms with van der Waals surface area (Å²) in [5.41, 5.74) is 1.83. The van der Waals surface area contributed by atoms with Crippen molar-refractivity contribution in [2.45, 2.75) is 39.0 Å². The molecule has 1 heterocycles. The largest absolute Gasteiger partial charge is 0.311 e. The average molecular weight is 280 g/mol. The maximum atomic E-state index is 12.6. The zero-order valence-corrected chi connectivity index (χ0v) is 12.7. The van der Waals surface area contributed by atoms with Crippen molar-refractivity contribution in [2.75, 3.05) is 17.3 Å². The first-order chi connectivity index (χ1) is 8.98. The van der Waals surface area contributed by atoms with Crippen molar-refractivity contribution >= 4 is 23.2 Å². The maximum Gasteiger partial charge on any atom is 0.237 e. The van der Waals surface area contributed by atoms with Gasteiger partial charge in [0.25, 0.3) is 0 Å². The van der Waals surface area contributed by atoms with Gasteiger partial charge in [0.15, 0.2) is 0 Å². The van der Waals surface area contributed by atoms with E-state index in [-0.39, 0.29) is 5.91 Å². The summed E-state index contributed by atoms with van der Waals surface area (Å²) in [6.45, 7) is 7.00. The van der Waals surface area contributed by atoms with Crippen LogP contribution in [0.25, 0.3) is 0 Å². The third-order valence-corrected chi connectivity index (χ3v) is 4.31. The molecular weight excluding hydrogens is 258 g/mol. The third-order valence-electron chi connectivity index (χ3n) is 4.10. The minimum absolute atomic E-state index is 0.215. The summed E-state index contributed by atoms with van der Waals surface area (Å²) >= 11 is 5.77. The summed E-state index contributed by atoms with van der Waals surface area (Å²) in [6, 6.07) is 8.12. The normalized spacial score (nSPS) is 18.5. The molecule has 19 heavy (non-hydrogen) atoms. The van der Waals surface area contributed by atoms with Gasteiger partial charge >= 0.3 is 0 Å². The number of alkyl halides is 1. The molecule has 1 aliphatic rings. The van der Waals surface area contributed by atoms with E-state index < -0.39 is 5.41 Å². The van der Waals surface area contributed by atoms with E-state index in [1.807, 2.05) is 36.9 Å². The molecule has 3 heteroatoms. The molecule has 0 aromatic heterocycles. The van der Waals surface area contributed by atoms with Crippen molar-refractivity contribution < 1.29 is 4.79 Å². The van der Waals surface area contributed by atoms with Gasteiger partial charge in [-0.1, -0.05) is 25.1 Å². The molecule has 1 unspecified atom stereocenters. The Morgan fingerprint density at radius 1 is 1.26 bits per heavy atom. The van der Waals surface area contributed by atoms with Crippen LogP contribution in [0.3, 0.4) is 0 Å². The fourth-order valence-corrected chi connectivity index (χ4v) is 3.07. The molecule has 0 fully saturated rings. The van der Waals surface area contributed by atoms with Crippen LogP contribution < -0.4 is 4.90 Å². The highest BCUT2D eigenvalue weighted by Crippen LogP contribution is 2.41. The summed E-state index contributed by atoms with van der Waals surface area (Å²) in [5.74, 6) is 1.46. The van der Waals surface area contributed by atoms with E-state index in [1.54, 1.807) is 0 Å². The predicted octanol–water partition coefficient (Wildman–Crippen LogP) is 3.97. The Kier molecular flexibility index (Phi) is 4.19. The van der Waals surface area contributed by atoms with Gasteiger partial charge in [0.2, 0.25) is 5.91 Å². The SMILES string of the molecule is CC(CCCl)CCN1C(=O)C(C)(C)c2ccccc21. The molecule has 0 spiro atoms. The molecule has 1 aromatic carbocycles. The standard InChI is InChI=1S/C16H22ClNO/c1-12(8-10-17)9-11-18-14-7-5-4-6-13(14)16(2,3)15(18)19/h4-7,12H,8-11H2,1-3H3. The number of benzene rings is 1. The van der Waals surface area contributed by atoms with Gasteiger partial charge in [-0.2, -0.15) is 0 Å². The van der Waals surface area contributed by atoms with Crippen LogP contribution in [-0.2, 0) is 10.2 Å². The van der Waals surface area contributed by atoms with Crippen LogP contribution in [0.4, 0.5) is 5.69 Å². The molecule has 0 bridgehead atoms. The van der Waals surface area contributed by atoms with Crippen LogP contribution in [0, 0.1) is 5.92 Å². The molecule has 104 valence electrons. The minimum Gasteiger partial charge on any atom is -0.311 e. The van der Waals surface area contributed by atoms with E-state index in [1.165, 1.54) is 0 Å². The number of halogens is 1. The fraction of sp³-hybridized carbons (Fsp3) is 0.562. The number of fused-ring (bicyclic) bond motifs is 1. The number of carbonyl (C=O) groups is 1. The quantitative estimate of drug-likeness (QED) is 0.747. The van der Waals surface area contributed by atoms with Crippen molar-refractivity contribution in [1.29, 1.82) is 0 Å². The van der Waals surface area contributed by atoms with Crippen molar-refractivity contribution in [1.82, 2.24) is 0 Å². The van der Waals surface area contributed by atoms with Crippen LogP contribution in [0.15, 0.2) is 24.3 Å². The van der Waals surface area contributed by atoms with E-state index in [0.717, 1.165) is 30.6 Å².